The van der Waals surface area contributed by atoms with E-state index in [1.807, 2.05) is 0 Å². The SMILES string of the molecule is COCc1nc(N2CCN3CCCCC3C2)sc1CN. The van der Waals surface area contributed by atoms with E-state index in [0.29, 0.717) is 19.2 Å². The average Bonchev–Trinajstić information content (AvgIpc) is 2.90. The number of thiazole rings is 1. The zero-order chi connectivity index (χ0) is 13.9. The first kappa shape index (κ1) is 14.3. The van der Waals surface area contributed by atoms with Gasteiger partial charge in [0.25, 0.3) is 0 Å². The van der Waals surface area contributed by atoms with Crippen LogP contribution in [-0.2, 0) is 17.9 Å². The third-order valence-corrected chi connectivity index (χ3v) is 5.52. The summed E-state index contributed by atoms with van der Waals surface area (Å²) < 4.78 is 5.22. The highest BCUT2D eigenvalue weighted by Crippen LogP contribution is 2.30. The molecule has 3 heterocycles. The van der Waals surface area contributed by atoms with Crippen molar-refractivity contribution in [3.8, 4) is 0 Å². The standard InChI is InChI=1S/C14H24N4OS/c1-19-10-12-13(8-15)20-14(16-12)18-7-6-17-5-3-2-4-11(17)9-18/h11H,2-10,15H2,1H3. The molecule has 0 amide bonds. The first-order valence-corrected chi connectivity index (χ1v) is 8.30. The van der Waals surface area contributed by atoms with E-state index in [4.69, 9.17) is 15.5 Å². The Morgan fingerprint density at radius 1 is 1.35 bits per heavy atom. The van der Waals surface area contributed by atoms with Crippen molar-refractivity contribution in [2.75, 3.05) is 38.2 Å². The van der Waals surface area contributed by atoms with E-state index in [2.05, 4.69) is 9.80 Å². The van der Waals surface area contributed by atoms with Crippen LogP contribution in [0.25, 0.3) is 0 Å². The molecule has 2 saturated heterocycles. The number of piperazine rings is 1. The largest absolute Gasteiger partial charge is 0.378 e. The second kappa shape index (κ2) is 6.39. The van der Waals surface area contributed by atoms with Crippen molar-refractivity contribution in [3.05, 3.63) is 10.6 Å². The summed E-state index contributed by atoms with van der Waals surface area (Å²) in [6.45, 7) is 5.76. The number of hydrogen-bond acceptors (Lipinski definition) is 6. The molecule has 0 saturated carbocycles. The number of anilines is 1. The molecule has 1 aromatic rings. The van der Waals surface area contributed by atoms with Crippen molar-refractivity contribution in [1.82, 2.24) is 9.88 Å². The van der Waals surface area contributed by atoms with Crippen LogP contribution < -0.4 is 10.6 Å². The molecular formula is C14H24N4OS. The number of methoxy groups -OCH3 is 1. The predicted molar refractivity (Wildman–Crippen MR) is 82.1 cm³/mol. The molecule has 0 aliphatic carbocycles. The Morgan fingerprint density at radius 2 is 2.25 bits per heavy atom. The predicted octanol–water partition coefficient (Wildman–Crippen LogP) is 1.42. The molecule has 2 aliphatic rings. The van der Waals surface area contributed by atoms with Gasteiger partial charge in [0, 0.05) is 44.2 Å². The maximum absolute atomic E-state index is 5.82. The maximum Gasteiger partial charge on any atom is 0.186 e. The minimum Gasteiger partial charge on any atom is -0.378 e. The van der Waals surface area contributed by atoms with Crippen LogP contribution in [-0.4, -0.2) is 49.2 Å². The van der Waals surface area contributed by atoms with Gasteiger partial charge in [0.05, 0.1) is 12.3 Å². The van der Waals surface area contributed by atoms with Gasteiger partial charge in [0.15, 0.2) is 5.13 Å². The molecule has 6 heteroatoms. The smallest absolute Gasteiger partial charge is 0.186 e. The van der Waals surface area contributed by atoms with Gasteiger partial charge in [0.2, 0.25) is 0 Å². The van der Waals surface area contributed by atoms with Gasteiger partial charge in [-0.25, -0.2) is 4.98 Å². The highest BCUT2D eigenvalue weighted by molar-refractivity contribution is 7.15. The molecule has 2 fully saturated rings. The lowest BCUT2D eigenvalue weighted by atomic mass is 10.00. The lowest BCUT2D eigenvalue weighted by Gasteiger charge is -2.44. The summed E-state index contributed by atoms with van der Waals surface area (Å²) in [6.07, 6.45) is 4.06. The summed E-state index contributed by atoms with van der Waals surface area (Å²) in [6, 6.07) is 0.716. The molecule has 5 nitrogen and oxygen atoms in total. The number of piperidine rings is 1. The van der Waals surface area contributed by atoms with E-state index in [1.54, 1.807) is 18.4 Å². The van der Waals surface area contributed by atoms with E-state index in [9.17, 15) is 0 Å². The first-order chi connectivity index (χ1) is 9.81. The van der Waals surface area contributed by atoms with Crippen LogP contribution in [0.4, 0.5) is 5.13 Å². The zero-order valence-corrected chi connectivity index (χ0v) is 13.0. The summed E-state index contributed by atoms with van der Waals surface area (Å²) in [5, 5.41) is 1.13. The number of nitrogens with zero attached hydrogens (tertiary/aromatic N) is 3. The summed E-state index contributed by atoms with van der Waals surface area (Å²) in [5.74, 6) is 0. The minimum absolute atomic E-state index is 0.555. The monoisotopic (exact) mass is 296 g/mol. The number of nitrogens with two attached hydrogens (primary N) is 1. The molecule has 112 valence electrons. The fourth-order valence-electron chi connectivity index (χ4n) is 3.24. The molecule has 1 aromatic heterocycles. The van der Waals surface area contributed by atoms with Crippen molar-refractivity contribution < 1.29 is 4.74 Å². The second-order valence-corrected chi connectivity index (χ2v) is 6.70. The third-order valence-electron chi connectivity index (χ3n) is 4.34. The van der Waals surface area contributed by atoms with E-state index in [0.717, 1.165) is 28.8 Å². The molecule has 0 spiro atoms. The topological polar surface area (TPSA) is 54.6 Å². The van der Waals surface area contributed by atoms with Gasteiger partial charge in [-0.15, -0.1) is 11.3 Å². The van der Waals surface area contributed by atoms with E-state index >= 15 is 0 Å². The Kier molecular flexibility index (Phi) is 4.55. The molecule has 0 radical (unpaired) electrons. The van der Waals surface area contributed by atoms with Gasteiger partial charge in [-0.3, -0.25) is 4.90 Å². The summed E-state index contributed by atoms with van der Waals surface area (Å²) >= 11 is 1.74. The first-order valence-electron chi connectivity index (χ1n) is 7.48. The number of rotatable bonds is 4. The normalized spacial score (nSPS) is 23.9. The lowest BCUT2D eigenvalue weighted by Crippen LogP contribution is -2.54. The Hall–Kier alpha value is -0.690. The Labute approximate surface area is 124 Å². The van der Waals surface area contributed by atoms with Crippen LogP contribution in [0.2, 0.25) is 0 Å². The molecule has 1 unspecified atom stereocenters. The van der Waals surface area contributed by atoms with Gasteiger partial charge < -0.3 is 15.4 Å². The third kappa shape index (κ3) is 2.83. The number of hydrogen-bond donors (Lipinski definition) is 1. The van der Waals surface area contributed by atoms with Gasteiger partial charge in [0.1, 0.15) is 0 Å². The molecule has 2 N–H and O–H groups in total. The van der Waals surface area contributed by atoms with E-state index in [1.165, 1.54) is 32.4 Å². The molecular weight excluding hydrogens is 272 g/mol. The van der Waals surface area contributed by atoms with Crippen molar-refractivity contribution in [3.63, 3.8) is 0 Å². The summed E-state index contributed by atoms with van der Waals surface area (Å²) in [4.78, 5) is 11.0. The fraction of sp³-hybridized carbons (Fsp3) is 0.786. The highest BCUT2D eigenvalue weighted by atomic mass is 32.1. The van der Waals surface area contributed by atoms with Crippen molar-refractivity contribution in [2.24, 2.45) is 5.73 Å². The van der Waals surface area contributed by atoms with Gasteiger partial charge in [-0.2, -0.15) is 0 Å². The zero-order valence-electron chi connectivity index (χ0n) is 12.2. The Morgan fingerprint density at radius 3 is 3.05 bits per heavy atom. The summed E-state index contributed by atoms with van der Waals surface area (Å²) in [7, 11) is 1.71. The highest BCUT2D eigenvalue weighted by Gasteiger charge is 2.30. The van der Waals surface area contributed by atoms with Crippen molar-refractivity contribution in [2.45, 2.75) is 38.5 Å². The van der Waals surface area contributed by atoms with Gasteiger partial charge >= 0.3 is 0 Å². The van der Waals surface area contributed by atoms with Crippen LogP contribution in [0.3, 0.4) is 0 Å². The number of ether oxygens (including phenoxy) is 1. The molecule has 1 atom stereocenters. The van der Waals surface area contributed by atoms with Crippen molar-refractivity contribution >= 4 is 16.5 Å². The Bertz CT molecular complexity index is 450. The lowest BCUT2D eigenvalue weighted by molar-refractivity contribution is 0.133. The molecule has 0 bridgehead atoms. The molecule has 3 rings (SSSR count). The van der Waals surface area contributed by atoms with Crippen molar-refractivity contribution in [1.29, 1.82) is 0 Å². The van der Waals surface area contributed by atoms with Gasteiger partial charge in [-0.05, 0) is 19.4 Å². The number of aromatic nitrogens is 1. The average molecular weight is 296 g/mol. The van der Waals surface area contributed by atoms with Crippen LogP contribution in [0, 0.1) is 0 Å². The molecule has 2 aliphatic heterocycles. The van der Waals surface area contributed by atoms with Crippen LogP contribution in [0.1, 0.15) is 29.8 Å². The van der Waals surface area contributed by atoms with Crippen LogP contribution in [0.15, 0.2) is 0 Å². The van der Waals surface area contributed by atoms with Crippen LogP contribution >= 0.6 is 11.3 Å². The fourth-order valence-corrected chi connectivity index (χ4v) is 4.22. The van der Waals surface area contributed by atoms with E-state index < -0.39 is 0 Å². The molecule has 20 heavy (non-hydrogen) atoms. The van der Waals surface area contributed by atoms with Gasteiger partial charge in [-0.1, -0.05) is 6.42 Å². The molecule has 0 aromatic carbocycles. The number of fused-ring (bicyclic) bond motifs is 1. The second-order valence-electron chi connectivity index (χ2n) is 5.64. The summed E-state index contributed by atoms with van der Waals surface area (Å²) in [5.41, 5.74) is 6.83. The van der Waals surface area contributed by atoms with Crippen LogP contribution in [0.5, 0.6) is 0 Å². The quantitative estimate of drug-likeness (QED) is 0.911. The maximum atomic E-state index is 5.82. The Balaban J connectivity index is 1.72. The minimum atomic E-state index is 0.555. The van der Waals surface area contributed by atoms with E-state index in [-0.39, 0.29) is 0 Å².